The van der Waals surface area contributed by atoms with Crippen molar-refractivity contribution in [2.24, 2.45) is 46.3 Å². The summed E-state index contributed by atoms with van der Waals surface area (Å²) in [7, 11) is 0. The van der Waals surface area contributed by atoms with Crippen LogP contribution in [0.1, 0.15) is 79.1 Å². The van der Waals surface area contributed by atoms with Crippen LogP contribution in [0, 0.1) is 46.3 Å². The number of Topliss-reactive ketones (excluding diaryl/α,β-unsaturated/α-hetero) is 1. The molecule has 0 aromatic carbocycles. The van der Waals surface area contributed by atoms with E-state index in [-0.39, 0.29) is 41.1 Å². The zero-order valence-corrected chi connectivity index (χ0v) is 42.7. The van der Waals surface area contributed by atoms with E-state index < -0.39 is 167 Å². The molecule has 10 aliphatic rings. The summed E-state index contributed by atoms with van der Waals surface area (Å²) >= 11 is 0. The first-order valence-corrected chi connectivity index (χ1v) is 27.0. The van der Waals surface area contributed by atoms with Gasteiger partial charge in [-0.15, -0.1) is 0 Å². The molecule has 9 fully saturated rings. The number of hydrogen-bond acceptors (Lipinski definition) is 24. The minimum absolute atomic E-state index is 0.0405. The molecular formula is C51H80O24. The monoisotopic (exact) mass is 1080 g/mol. The Balaban J connectivity index is 0.839. The number of aliphatic hydroxyl groups is 13. The number of fused-ring (bicyclic) bond motifs is 7. The van der Waals surface area contributed by atoms with E-state index in [1.54, 1.807) is 0 Å². The molecule has 6 aliphatic heterocycles. The summed E-state index contributed by atoms with van der Waals surface area (Å²) in [5.74, 6) is 0.867. The number of rotatable bonds is 12. The summed E-state index contributed by atoms with van der Waals surface area (Å²) < 4.78 is 61.1. The molecule has 6 heterocycles. The van der Waals surface area contributed by atoms with Gasteiger partial charge in [0.15, 0.2) is 30.9 Å². The number of hydrogen-bond donors (Lipinski definition) is 13. The first-order valence-electron chi connectivity index (χ1n) is 27.0. The standard InChI is InChI=1S/C51H80O24/c1-19-7-10-51(66-18-19)20(2)32-26(75-51)12-25-23-6-5-21-11-22(8-9-49(21,3)24(23)13-31(56)50(25,32)4)67-45-41(65)38(62)42(30(17-55)71-45)72-48-44(74-47-40(64)37(61)34(58)28(15-53)69-47)43(35(59)29(16-54)70-48)73-46-39(63)36(60)33(57)27(14-52)68-46/h5,19-20,22-30,32-48,52-55,57-65H,6-18H2,1-4H3/t19-,20-,22-,23+,24?,25-,26?,27-,28+,29-,30+,32?,33-,34+,35-,36+,37-,38+,39-,40+,41+,42-,43+,44-,45+,46+,47-,48+,49-,50+,51+/m0/s1. The molecule has 0 aromatic rings. The molecule has 31 atom stereocenters. The van der Waals surface area contributed by atoms with Crippen molar-refractivity contribution in [2.75, 3.05) is 33.0 Å². The number of carbonyl (C=O) groups excluding carboxylic acids is 1. The Bertz CT molecular complexity index is 2020. The van der Waals surface area contributed by atoms with E-state index in [1.807, 2.05) is 0 Å². The van der Waals surface area contributed by atoms with Gasteiger partial charge >= 0.3 is 0 Å². The van der Waals surface area contributed by atoms with Crippen LogP contribution >= 0.6 is 0 Å². The maximum atomic E-state index is 14.7. The highest BCUT2D eigenvalue weighted by Gasteiger charge is 2.71. The van der Waals surface area contributed by atoms with E-state index >= 15 is 0 Å². The van der Waals surface area contributed by atoms with Gasteiger partial charge in [0, 0.05) is 30.1 Å². The van der Waals surface area contributed by atoms with Gasteiger partial charge in [0.05, 0.1) is 45.2 Å². The summed E-state index contributed by atoms with van der Waals surface area (Å²) in [6.07, 6.45) is -29.0. The second-order valence-electron chi connectivity index (χ2n) is 23.8. The van der Waals surface area contributed by atoms with E-state index in [2.05, 4.69) is 33.8 Å². The molecular weight excluding hydrogens is 997 g/mol. The van der Waals surface area contributed by atoms with Gasteiger partial charge in [0.1, 0.15) is 103 Å². The fourth-order valence-corrected chi connectivity index (χ4v) is 15.2. The third-order valence-corrected chi connectivity index (χ3v) is 19.7. The van der Waals surface area contributed by atoms with E-state index in [0.29, 0.717) is 44.0 Å². The van der Waals surface area contributed by atoms with E-state index in [1.165, 1.54) is 0 Å². The van der Waals surface area contributed by atoms with Crippen LogP contribution in [0.25, 0.3) is 0 Å². The van der Waals surface area contributed by atoms with Crippen LogP contribution in [0.3, 0.4) is 0 Å². The van der Waals surface area contributed by atoms with Crippen molar-refractivity contribution in [2.45, 2.75) is 220 Å². The molecule has 4 aliphatic carbocycles. The fraction of sp³-hybridized carbons (Fsp3) is 0.941. The summed E-state index contributed by atoms with van der Waals surface area (Å²) in [6, 6.07) is 0. The van der Waals surface area contributed by atoms with Crippen molar-refractivity contribution in [1.82, 2.24) is 0 Å². The Labute approximate surface area is 434 Å². The molecule has 1 spiro atoms. The maximum Gasteiger partial charge on any atom is 0.187 e. The Kier molecular flexibility index (Phi) is 16.5. The molecule has 6 saturated heterocycles. The van der Waals surface area contributed by atoms with Crippen LogP contribution < -0.4 is 0 Å². The summed E-state index contributed by atoms with van der Waals surface area (Å²) in [6.45, 7) is 5.99. The third-order valence-electron chi connectivity index (χ3n) is 19.7. The lowest BCUT2D eigenvalue weighted by molar-refractivity contribution is -0.406. The number of allylic oxidation sites excluding steroid dienone is 1. The Morgan fingerprint density at radius 2 is 1.13 bits per heavy atom. The van der Waals surface area contributed by atoms with Crippen LogP contribution in [-0.4, -0.2) is 246 Å². The molecule has 0 radical (unpaired) electrons. The SMILES string of the molecule is C[C@H]1CC[C@@]2(OC1)OC1C[C@H]3[C@@H]4CC=C5C[C@@H](O[C@@H]6O[C@H](CO)[C@H](O[C@H]7O[C@@H](CO)[C@H](O)[C@@H](O[C@H]8O[C@@H](CO)[C@H](O)[C@@H](O)[C@@H]8O)[C@@H]7O[C@@H]7O[C@H](CO)[C@@H](O)[C@H](O)[C@H]7O)[C@H](O)[C@H]6O)CC[C@]5(C)C4CC(=O)[C@]3(C)C1[C@@H]2C. The van der Waals surface area contributed by atoms with Gasteiger partial charge < -0.3 is 114 Å². The van der Waals surface area contributed by atoms with Gasteiger partial charge in [-0.2, -0.15) is 0 Å². The highest BCUT2D eigenvalue weighted by Crippen LogP contribution is 2.70. The van der Waals surface area contributed by atoms with Crippen molar-refractivity contribution in [3.8, 4) is 0 Å². The van der Waals surface area contributed by atoms with Crippen molar-refractivity contribution >= 4 is 5.78 Å². The first-order chi connectivity index (χ1) is 35.6. The van der Waals surface area contributed by atoms with Gasteiger partial charge in [-0.1, -0.05) is 39.3 Å². The maximum absolute atomic E-state index is 14.7. The molecule has 3 saturated carbocycles. The van der Waals surface area contributed by atoms with Crippen molar-refractivity contribution in [3.63, 3.8) is 0 Å². The van der Waals surface area contributed by atoms with Gasteiger partial charge in [-0.05, 0) is 67.6 Å². The largest absolute Gasteiger partial charge is 0.394 e. The van der Waals surface area contributed by atoms with Crippen LogP contribution in [0.2, 0.25) is 0 Å². The molecule has 3 unspecified atom stereocenters. The third kappa shape index (κ3) is 9.52. The van der Waals surface area contributed by atoms with E-state index in [9.17, 15) is 71.2 Å². The molecule has 0 amide bonds. The molecule has 10 rings (SSSR count). The lowest BCUT2D eigenvalue weighted by Gasteiger charge is -2.58. The minimum atomic E-state index is -2.05. The second-order valence-corrected chi connectivity index (χ2v) is 23.8. The molecule has 24 heteroatoms. The molecule has 75 heavy (non-hydrogen) atoms. The van der Waals surface area contributed by atoms with Crippen molar-refractivity contribution < 1.29 is 119 Å². The molecule has 13 N–H and O–H groups in total. The Hall–Kier alpha value is -1.51. The minimum Gasteiger partial charge on any atom is -0.394 e. The molecule has 24 nitrogen and oxygen atoms in total. The highest BCUT2D eigenvalue weighted by atomic mass is 16.8. The zero-order valence-electron chi connectivity index (χ0n) is 42.7. The molecule has 0 aromatic heterocycles. The quantitative estimate of drug-likeness (QED) is 0.0833. The second kappa shape index (κ2) is 21.8. The highest BCUT2D eigenvalue weighted by molar-refractivity contribution is 5.87. The summed E-state index contributed by atoms with van der Waals surface area (Å²) in [5.41, 5.74) is 0.329. The number of ether oxygens (including phenoxy) is 10. The average molecular weight is 1080 g/mol. The number of aliphatic hydroxyl groups excluding tert-OH is 13. The van der Waals surface area contributed by atoms with Crippen molar-refractivity contribution in [3.05, 3.63) is 11.6 Å². The topological polar surface area (TPSA) is 372 Å². The predicted molar refractivity (Wildman–Crippen MR) is 249 cm³/mol. The number of ketones is 1. The van der Waals surface area contributed by atoms with Crippen LogP contribution in [-0.2, 0) is 52.2 Å². The zero-order chi connectivity index (χ0) is 53.8. The predicted octanol–water partition coefficient (Wildman–Crippen LogP) is -3.81. The van der Waals surface area contributed by atoms with Crippen molar-refractivity contribution in [1.29, 1.82) is 0 Å². The van der Waals surface area contributed by atoms with E-state index in [0.717, 1.165) is 31.3 Å². The normalized spacial score (nSPS) is 56.0. The van der Waals surface area contributed by atoms with Crippen LogP contribution in [0.4, 0.5) is 0 Å². The Morgan fingerprint density at radius 3 is 1.73 bits per heavy atom. The summed E-state index contributed by atoms with van der Waals surface area (Å²) in [5, 5.41) is 140. The smallest absolute Gasteiger partial charge is 0.187 e. The lowest BCUT2D eigenvalue weighted by atomic mass is 9.46. The average Bonchev–Trinajstić information content (AvgIpc) is 3.87. The van der Waals surface area contributed by atoms with E-state index in [4.69, 9.17) is 47.4 Å². The molecule has 428 valence electrons. The number of carbonyl (C=O) groups is 1. The van der Waals surface area contributed by atoms with Gasteiger partial charge in [0.2, 0.25) is 0 Å². The first kappa shape index (κ1) is 56.8. The summed E-state index contributed by atoms with van der Waals surface area (Å²) in [4.78, 5) is 14.7. The fourth-order valence-electron chi connectivity index (χ4n) is 15.2. The lowest BCUT2D eigenvalue weighted by Crippen LogP contribution is -2.68. The molecule has 0 bridgehead atoms. The van der Waals surface area contributed by atoms with Gasteiger partial charge in [0.25, 0.3) is 0 Å². The van der Waals surface area contributed by atoms with Gasteiger partial charge in [-0.3, -0.25) is 4.79 Å². The Morgan fingerprint density at radius 1 is 0.587 bits per heavy atom. The van der Waals surface area contributed by atoms with Crippen LogP contribution in [0.15, 0.2) is 11.6 Å². The van der Waals surface area contributed by atoms with Crippen LogP contribution in [0.5, 0.6) is 0 Å². The van der Waals surface area contributed by atoms with Gasteiger partial charge in [-0.25, -0.2) is 0 Å².